The van der Waals surface area contributed by atoms with E-state index in [1.165, 1.54) is 11.1 Å². The fraction of sp³-hybridized carbons (Fsp3) is 0.550. The van der Waals surface area contributed by atoms with Crippen molar-refractivity contribution in [1.82, 2.24) is 10.2 Å². The Morgan fingerprint density at radius 3 is 2.46 bits per heavy atom. The Morgan fingerprint density at radius 1 is 1.25 bits per heavy atom. The van der Waals surface area contributed by atoms with Gasteiger partial charge in [0.2, 0.25) is 0 Å². The Labute approximate surface area is 145 Å². The number of rotatable bonds is 4. The summed E-state index contributed by atoms with van der Waals surface area (Å²) in [5, 5.41) is 2.99. The van der Waals surface area contributed by atoms with Crippen LogP contribution < -0.4 is 5.32 Å². The lowest BCUT2D eigenvalue weighted by Crippen LogP contribution is -2.46. The molecule has 1 heterocycles. The molecule has 4 nitrogen and oxygen atoms in total. The molecule has 1 aliphatic heterocycles. The van der Waals surface area contributed by atoms with Crippen LogP contribution in [0.1, 0.15) is 46.1 Å². The molecule has 1 N–H and O–H groups in total. The van der Waals surface area contributed by atoms with Gasteiger partial charge in [-0.25, -0.2) is 4.79 Å². The van der Waals surface area contributed by atoms with Crippen molar-refractivity contribution < 1.29 is 9.53 Å². The van der Waals surface area contributed by atoms with Crippen LogP contribution >= 0.6 is 0 Å². The molecule has 1 fully saturated rings. The number of carbonyl (C=O) groups is 1. The van der Waals surface area contributed by atoms with Crippen molar-refractivity contribution in [3.05, 3.63) is 41.5 Å². The molecule has 0 radical (unpaired) electrons. The molecule has 1 aromatic rings. The third-order valence-corrected chi connectivity index (χ3v) is 3.99. The minimum Gasteiger partial charge on any atom is -0.444 e. The molecule has 24 heavy (non-hydrogen) atoms. The lowest BCUT2D eigenvalue weighted by atomic mass is 10.0. The Morgan fingerprint density at radius 2 is 1.88 bits per heavy atom. The van der Waals surface area contributed by atoms with Crippen LogP contribution in [-0.2, 0) is 4.74 Å². The summed E-state index contributed by atoms with van der Waals surface area (Å²) in [7, 11) is 0. The fourth-order valence-corrected chi connectivity index (χ4v) is 2.94. The lowest BCUT2D eigenvalue weighted by Gasteiger charge is -2.33. The third kappa shape index (κ3) is 6.75. The highest BCUT2D eigenvalue weighted by molar-refractivity contribution is 5.68. The monoisotopic (exact) mass is 330 g/mol. The summed E-state index contributed by atoms with van der Waals surface area (Å²) in [5.41, 5.74) is 2.17. The van der Waals surface area contributed by atoms with Gasteiger partial charge < -0.3 is 10.1 Å². The molecule has 0 saturated carbocycles. The van der Waals surface area contributed by atoms with E-state index in [1.807, 2.05) is 26.8 Å². The first-order chi connectivity index (χ1) is 11.3. The molecule has 0 atom stereocenters. The van der Waals surface area contributed by atoms with Gasteiger partial charge in [0.25, 0.3) is 0 Å². The van der Waals surface area contributed by atoms with Crippen molar-refractivity contribution in [2.75, 3.05) is 19.6 Å². The summed E-state index contributed by atoms with van der Waals surface area (Å²) in [6.45, 7) is 10.8. The van der Waals surface area contributed by atoms with Crippen LogP contribution in [0, 0.1) is 0 Å². The number of hydrogen-bond donors (Lipinski definition) is 1. The smallest absolute Gasteiger partial charge is 0.407 e. The van der Waals surface area contributed by atoms with Crippen molar-refractivity contribution in [2.24, 2.45) is 0 Å². The van der Waals surface area contributed by atoms with Gasteiger partial charge in [0.1, 0.15) is 5.60 Å². The summed E-state index contributed by atoms with van der Waals surface area (Å²) < 4.78 is 5.33. The normalized spacial score (nSPS) is 17.6. The van der Waals surface area contributed by atoms with Crippen LogP contribution in [0.15, 0.2) is 35.9 Å². The van der Waals surface area contributed by atoms with Gasteiger partial charge >= 0.3 is 6.09 Å². The van der Waals surface area contributed by atoms with Gasteiger partial charge in [-0.05, 0) is 46.1 Å². The molecule has 0 aliphatic carbocycles. The van der Waals surface area contributed by atoms with Crippen LogP contribution in [0.4, 0.5) is 4.79 Å². The Balaban J connectivity index is 1.75. The molecule has 0 unspecified atom stereocenters. The minimum absolute atomic E-state index is 0.217. The first-order valence-electron chi connectivity index (χ1n) is 8.76. The second kappa shape index (κ2) is 8.34. The number of nitrogens with one attached hydrogen (secondary N) is 1. The second-order valence-corrected chi connectivity index (χ2v) is 7.60. The molecule has 0 bridgehead atoms. The molecule has 0 aromatic heterocycles. The largest absolute Gasteiger partial charge is 0.444 e. The van der Waals surface area contributed by atoms with Crippen LogP contribution in [0.3, 0.4) is 0 Å². The number of nitrogens with zero attached hydrogens (tertiary/aromatic N) is 1. The molecule has 1 aromatic carbocycles. The number of ether oxygens (including phenoxy) is 1. The number of piperidine rings is 1. The molecule has 2 rings (SSSR count). The van der Waals surface area contributed by atoms with Crippen LogP contribution in [0.5, 0.6) is 0 Å². The van der Waals surface area contributed by atoms with Crippen molar-refractivity contribution in [3.8, 4) is 0 Å². The molecule has 4 heteroatoms. The van der Waals surface area contributed by atoms with Crippen LogP contribution in [0.25, 0.3) is 6.08 Å². The SMILES string of the molecule is C/C(=C\c1ccccc1)CN1CCC(NC(=O)OC(C)(C)C)CC1. The molecule has 0 spiro atoms. The lowest BCUT2D eigenvalue weighted by molar-refractivity contribution is 0.0480. The Hall–Kier alpha value is -1.81. The first-order valence-corrected chi connectivity index (χ1v) is 8.76. The zero-order chi connectivity index (χ0) is 17.6. The molecule has 1 saturated heterocycles. The van der Waals surface area contributed by atoms with E-state index in [0.29, 0.717) is 0 Å². The predicted octanol–water partition coefficient (Wildman–Crippen LogP) is 4.08. The van der Waals surface area contributed by atoms with E-state index in [-0.39, 0.29) is 12.1 Å². The van der Waals surface area contributed by atoms with Gasteiger partial charge in [0.15, 0.2) is 0 Å². The number of alkyl carbamates (subject to hydrolysis) is 1. The topological polar surface area (TPSA) is 41.6 Å². The summed E-state index contributed by atoms with van der Waals surface area (Å²) in [4.78, 5) is 14.3. The molecular formula is C20H30N2O2. The zero-order valence-electron chi connectivity index (χ0n) is 15.3. The average molecular weight is 330 g/mol. The maximum Gasteiger partial charge on any atom is 0.407 e. The van der Waals surface area contributed by atoms with Crippen LogP contribution in [-0.4, -0.2) is 42.3 Å². The molecule has 1 aliphatic rings. The van der Waals surface area contributed by atoms with Crippen molar-refractivity contribution >= 4 is 12.2 Å². The minimum atomic E-state index is -0.440. The van der Waals surface area contributed by atoms with E-state index in [1.54, 1.807) is 0 Å². The van der Waals surface area contributed by atoms with Gasteiger partial charge in [0.05, 0.1) is 0 Å². The molecule has 132 valence electrons. The second-order valence-electron chi connectivity index (χ2n) is 7.60. The third-order valence-electron chi connectivity index (χ3n) is 3.99. The highest BCUT2D eigenvalue weighted by Gasteiger charge is 2.23. The standard InChI is InChI=1S/C20H30N2O2/c1-16(14-17-8-6-5-7-9-17)15-22-12-10-18(11-13-22)21-19(23)24-20(2,3)4/h5-9,14,18H,10-13,15H2,1-4H3,(H,21,23)/b16-14+. The highest BCUT2D eigenvalue weighted by Crippen LogP contribution is 2.15. The van der Waals surface area contributed by atoms with E-state index in [9.17, 15) is 4.79 Å². The van der Waals surface area contributed by atoms with Gasteiger partial charge in [-0.15, -0.1) is 0 Å². The molecular weight excluding hydrogens is 300 g/mol. The quantitative estimate of drug-likeness (QED) is 0.904. The van der Waals surface area contributed by atoms with E-state index in [4.69, 9.17) is 4.74 Å². The Bertz CT molecular complexity index is 553. The summed E-state index contributed by atoms with van der Waals surface area (Å²) >= 11 is 0. The highest BCUT2D eigenvalue weighted by atomic mass is 16.6. The Kier molecular flexibility index (Phi) is 6.44. The first kappa shape index (κ1) is 18.5. The van der Waals surface area contributed by atoms with E-state index in [0.717, 1.165) is 32.5 Å². The van der Waals surface area contributed by atoms with E-state index >= 15 is 0 Å². The number of benzene rings is 1. The number of hydrogen-bond acceptors (Lipinski definition) is 3. The summed E-state index contributed by atoms with van der Waals surface area (Å²) in [6, 6.07) is 10.6. The van der Waals surface area contributed by atoms with Crippen molar-refractivity contribution in [1.29, 1.82) is 0 Å². The van der Waals surface area contributed by atoms with Crippen molar-refractivity contribution in [3.63, 3.8) is 0 Å². The van der Waals surface area contributed by atoms with Gasteiger partial charge in [-0.1, -0.05) is 42.0 Å². The summed E-state index contributed by atoms with van der Waals surface area (Å²) in [5.74, 6) is 0. The van der Waals surface area contributed by atoms with Gasteiger partial charge in [0, 0.05) is 25.7 Å². The fourth-order valence-electron chi connectivity index (χ4n) is 2.94. The molecule has 1 amide bonds. The predicted molar refractivity (Wildman–Crippen MR) is 98.9 cm³/mol. The van der Waals surface area contributed by atoms with E-state index in [2.05, 4.69) is 47.5 Å². The van der Waals surface area contributed by atoms with Crippen molar-refractivity contribution in [2.45, 2.75) is 52.2 Å². The van der Waals surface area contributed by atoms with Gasteiger partial charge in [-0.2, -0.15) is 0 Å². The van der Waals surface area contributed by atoms with Gasteiger partial charge in [-0.3, -0.25) is 4.90 Å². The maximum atomic E-state index is 11.8. The van der Waals surface area contributed by atoms with Crippen LogP contribution in [0.2, 0.25) is 0 Å². The summed E-state index contributed by atoms with van der Waals surface area (Å²) in [6.07, 6.45) is 3.88. The number of carbonyl (C=O) groups excluding carboxylic acids is 1. The zero-order valence-corrected chi connectivity index (χ0v) is 15.3. The average Bonchev–Trinajstić information content (AvgIpc) is 2.48. The number of likely N-dealkylation sites (tertiary alicyclic amines) is 1. The number of amides is 1. The maximum absolute atomic E-state index is 11.8. The van der Waals surface area contributed by atoms with E-state index < -0.39 is 5.60 Å².